The van der Waals surface area contributed by atoms with Crippen molar-refractivity contribution in [2.45, 2.75) is 39.0 Å². The predicted molar refractivity (Wildman–Crippen MR) is 105 cm³/mol. The van der Waals surface area contributed by atoms with Gasteiger partial charge in [0, 0.05) is 30.9 Å². The molecule has 0 radical (unpaired) electrons. The first-order valence-electron chi connectivity index (χ1n) is 9.72. The van der Waals surface area contributed by atoms with E-state index in [0.717, 1.165) is 24.1 Å². The highest BCUT2D eigenvalue weighted by Crippen LogP contribution is 2.45. The van der Waals surface area contributed by atoms with Crippen LogP contribution in [0.5, 0.6) is 5.75 Å². The topological polar surface area (TPSA) is 85.2 Å². The van der Waals surface area contributed by atoms with Crippen LogP contribution in [-0.4, -0.2) is 42.9 Å². The minimum Gasteiger partial charge on any atom is -0.508 e. The number of phenols is 1. The van der Waals surface area contributed by atoms with Crippen LogP contribution in [0.3, 0.4) is 0 Å². The lowest BCUT2D eigenvalue weighted by Gasteiger charge is -2.38. The fourth-order valence-corrected chi connectivity index (χ4v) is 4.19. The number of aromatic hydroxyl groups is 1. The molecule has 0 aromatic heterocycles. The number of methoxy groups -OCH3 is 1. The third-order valence-electron chi connectivity index (χ3n) is 5.59. The van der Waals surface area contributed by atoms with Crippen LogP contribution in [0.25, 0.3) is 0 Å². The molecule has 1 saturated carbocycles. The summed E-state index contributed by atoms with van der Waals surface area (Å²) in [5.41, 5.74) is 2.52. The van der Waals surface area contributed by atoms with Gasteiger partial charge in [-0.2, -0.15) is 0 Å². The monoisotopic (exact) mass is 385 g/mol. The van der Waals surface area contributed by atoms with E-state index in [4.69, 9.17) is 9.47 Å². The molecule has 3 rings (SSSR count). The Morgan fingerprint density at radius 2 is 2.04 bits per heavy atom. The molecule has 1 aliphatic carbocycles. The van der Waals surface area contributed by atoms with Gasteiger partial charge in [-0.25, -0.2) is 4.79 Å². The number of carbonyl (C=O) groups is 2. The van der Waals surface area contributed by atoms with Crippen molar-refractivity contribution in [3.63, 3.8) is 0 Å². The third-order valence-corrected chi connectivity index (χ3v) is 5.59. The maximum absolute atomic E-state index is 13.1. The Kier molecular flexibility index (Phi) is 6.29. The van der Waals surface area contributed by atoms with Gasteiger partial charge in [0.1, 0.15) is 18.1 Å². The number of ketones is 1. The van der Waals surface area contributed by atoms with E-state index in [2.05, 4.69) is 11.9 Å². The molecule has 2 aliphatic rings. The molecule has 0 spiro atoms. The van der Waals surface area contributed by atoms with E-state index in [1.165, 1.54) is 7.11 Å². The van der Waals surface area contributed by atoms with E-state index >= 15 is 0 Å². The van der Waals surface area contributed by atoms with Crippen molar-refractivity contribution in [2.24, 2.45) is 16.8 Å². The first kappa shape index (κ1) is 20.3. The summed E-state index contributed by atoms with van der Waals surface area (Å²) in [5, 5.41) is 9.99. The Balaban J connectivity index is 2.06. The molecule has 150 valence electrons. The molecular weight excluding hydrogens is 358 g/mol. The number of rotatable bonds is 6. The summed E-state index contributed by atoms with van der Waals surface area (Å²) in [6, 6.07) is 6.75. The number of Topliss-reactive ketones (excluding diaryl/α,β-unsaturated/α-hetero) is 1. The molecule has 3 unspecified atom stereocenters. The highest BCUT2D eigenvalue weighted by atomic mass is 16.6. The lowest BCUT2D eigenvalue weighted by Crippen LogP contribution is -2.41. The molecule has 0 saturated heterocycles. The van der Waals surface area contributed by atoms with Gasteiger partial charge in [-0.1, -0.05) is 25.5 Å². The number of hydrogen-bond acceptors (Lipinski definition) is 6. The second kappa shape index (κ2) is 8.69. The van der Waals surface area contributed by atoms with Crippen LogP contribution in [0.4, 0.5) is 0 Å². The molecule has 0 amide bonds. The number of aliphatic imine (C=N–C) groups is 1. The van der Waals surface area contributed by atoms with Crippen LogP contribution in [0.2, 0.25) is 0 Å². The molecule has 28 heavy (non-hydrogen) atoms. The van der Waals surface area contributed by atoms with Crippen molar-refractivity contribution >= 4 is 17.5 Å². The summed E-state index contributed by atoms with van der Waals surface area (Å²) >= 11 is 0. The van der Waals surface area contributed by atoms with E-state index < -0.39 is 17.8 Å². The lowest BCUT2D eigenvalue weighted by atomic mass is 9.67. The molecule has 1 fully saturated rings. The number of esters is 1. The zero-order chi connectivity index (χ0) is 20.3. The predicted octanol–water partition coefficient (Wildman–Crippen LogP) is 3.40. The zero-order valence-electron chi connectivity index (χ0n) is 16.6. The molecule has 6 heteroatoms. The highest BCUT2D eigenvalue weighted by molar-refractivity contribution is 6.11. The number of carbonyl (C=O) groups excluding carboxylic acids is 2. The lowest BCUT2D eigenvalue weighted by molar-refractivity contribution is -0.140. The van der Waals surface area contributed by atoms with Crippen molar-refractivity contribution in [1.29, 1.82) is 0 Å². The number of benzene rings is 1. The van der Waals surface area contributed by atoms with Crippen LogP contribution in [0.15, 0.2) is 40.5 Å². The minimum absolute atomic E-state index is 0.0971. The number of hydrogen-bond donors (Lipinski definition) is 1. The number of allylic oxidation sites excluding steroid dienone is 1. The molecular formula is C22H27NO5. The highest BCUT2D eigenvalue weighted by Gasteiger charge is 2.45. The molecule has 6 nitrogen and oxygen atoms in total. The van der Waals surface area contributed by atoms with Crippen molar-refractivity contribution in [1.82, 2.24) is 0 Å². The number of nitrogens with zero attached hydrogens (tertiary/aromatic N) is 1. The quantitative estimate of drug-likeness (QED) is 0.599. The van der Waals surface area contributed by atoms with Gasteiger partial charge in [0.2, 0.25) is 0 Å². The zero-order valence-corrected chi connectivity index (χ0v) is 16.6. The van der Waals surface area contributed by atoms with Gasteiger partial charge in [0.05, 0.1) is 18.1 Å². The van der Waals surface area contributed by atoms with E-state index in [0.29, 0.717) is 24.3 Å². The molecule has 0 bridgehead atoms. The standard InChI is InChI=1S/C22H27NO5/c1-4-14-10-17-21(18(25)11-14)20(15-6-5-7-16(24)12-15)19(13(2)23-17)22(26)28-9-8-27-3/h5-7,12,14,20-21,24H,4,8-11H2,1-3H3. The van der Waals surface area contributed by atoms with Gasteiger partial charge in [-0.05, 0) is 37.0 Å². The normalized spacial score (nSPS) is 24.6. The van der Waals surface area contributed by atoms with E-state index in [1.54, 1.807) is 25.1 Å². The summed E-state index contributed by atoms with van der Waals surface area (Å²) in [5.74, 6) is -0.995. The van der Waals surface area contributed by atoms with E-state index in [1.807, 2.05) is 6.07 Å². The molecule has 1 aromatic carbocycles. The number of ether oxygens (including phenoxy) is 2. The van der Waals surface area contributed by atoms with Crippen molar-refractivity contribution in [3.05, 3.63) is 41.1 Å². The Labute approximate surface area is 165 Å². The maximum Gasteiger partial charge on any atom is 0.336 e. The van der Waals surface area contributed by atoms with Gasteiger partial charge < -0.3 is 14.6 Å². The summed E-state index contributed by atoms with van der Waals surface area (Å²) in [4.78, 5) is 30.6. The summed E-state index contributed by atoms with van der Waals surface area (Å²) < 4.78 is 10.3. The third kappa shape index (κ3) is 4.02. The molecule has 1 aliphatic heterocycles. The minimum atomic E-state index is -0.500. The fraction of sp³-hybridized carbons (Fsp3) is 0.500. The van der Waals surface area contributed by atoms with Gasteiger partial charge >= 0.3 is 5.97 Å². The summed E-state index contributed by atoms with van der Waals surface area (Å²) in [7, 11) is 1.54. The van der Waals surface area contributed by atoms with Crippen LogP contribution in [-0.2, 0) is 19.1 Å². The van der Waals surface area contributed by atoms with Gasteiger partial charge in [-0.15, -0.1) is 0 Å². The molecule has 3 atom stereocenters. The van der Waals surface area contributed by atoms with E-state index in [-0.39, 0.29) is 24.1 Å². The second-order valence-corrected chi connectivity index (χ2v) is 7.43. The molecule has 1 aromatic rings. The van der Waals surface area contributed by atoms with Crippen molar-refractivity contribution < 1.29 is 24.2 Å². The number of fused-ring (bicyclic) bond motifs is 1. The average Bonchev–Trinajstić information content (AvgIpc) is 2.66. The van der Waals surface area contributed by atoms with Gasteiger partial charge in [0.15, 0.2) is 0 Å². The van der Waals surface area contributed by atoms with Crippen molar-refractivity contribution in [3.8, 4) is 5.75 Å². The number of phenolic OH excluding ortho intramolecular Hbond substituents is 1. The Morgan fingerprint density at radius 1 is 1.25 bits per heavy atom. The van der Waals surface area contributed by atoms with Crippen LogP contribution >= 0.6 is 0 Å². The first-order chi connectivity index (χ1) is 13.5. The van der Waals surface area contributed by atoms with Gasteiger partial charge in [0.25, 0.3) is 0 Å². The van der Waals surface area contributed by atoms with Crippen LogP contribution in [0, 0.1) is 11.8 Å². The van der Waals surface area contributed by atoms with Crippen LogP contribution in [0.1, 0.15) is 44.6 Å². The average molecular weight is 385 g/mol. The first-order valence-corrected chi connectivity index (χ1v) is 9.72. The SMILES string of the molecule is CCC1CC(=O)C2C(=NC(C)=C(C(=O)OCCOC)C2c2cccc(O)c2)C1. The van der Waals surface area contributed by atoms with Gasteiger partial charge in [-0.3, -0.25) is 9.79 Å². The van der Waals surface area contributed by atoms with E-state index in [9.17, 15) is 14.7 Å². The molecule has 1 N–H and O–H groups in total. The largest absolute Gasteiger partial charge is 0.508 e. The second-order valence-electron chi connectivity index (χ2n) is 7.43. The smallest absolute Gasteiger partial charge is 0.336 e. The Bertz CT molecular complexity index is 826. The summed E-state index contributed by atoms with van der Waals surface area (Å²) in [6.07, 6.45) is 2.16. The fourth-order valence-electron chi connectivity index (χ4n) is 4.19. The Morgan fingerprint density at radius 3 is 2.71 bits per heavy atom. The maximum atomic E-state index is 13.1. The van der Waals surface area contributed by atoms with Crippen LogP contribution < -0.4 is 0 Å². The molecule has 1 heterocycles. The Hall–Kier alpha value is -2.47. The summed E-state index contributed by atoms with van der Waals surface area (Å²) in [6.45, 7) is 4.29. The van der Waals surface area contributed by atoms with Crippen molar-refractivity contribution in [2.75, 3.05) is 20.3 Å².